The summed E-state index contributed by atoms with van der Waals surface area (Å²) in [7, 11) is 0. The van der Waals surface area contributed by atoms with Crippen LogP contribution in [0, 0.1) is 29.9 Å². The fourth-order valence-electron chi connectivity index (χ4n) is 2.64. The number of pyridine rings is 1. The van der Waals surface area contributed by atoms with Gasteiger partial charge in [-0.15, -0.1) is 0 Å². The Bertz CT molecular complexity index is 1120. The molecule has 3 rings (SSSR count). The highest BCUT2D eigenvalue weighted by molar-refractivity contribution is 6.31. The third-order valence-corrected chi connectivity index (χ3v) is 4.14. The Hall–Kier alpha value is -3.17. The van der Waals surface area contributed by atoms with Crippen molar-refractivity contribution in [2.75, 3.05) is 0 Å². The van der Waals surface area contributed by atoms with Crippen molar-refractivity contribution in [3.8, 4) is 22.9 Å². The Morgan fingerprint density at radius 1 is 1.15 bits per heavy atom. The molecule has 0 unspecified atom stereocenters. The van der Waals surface area contributed by atoms with Crippen molar-refractivity contribution in [2.45, 2.75) is 13.5 Å². The molecule has 3 aromatic rings. The molecule has 0 aliphatic carbocycles. The molecule has 0 amide bonds. The molecule has 0 saturated carbocycles. The summed E-state index contributed by atoms with van der Waals surface area (Å²) >= 11 is 6.08. The van der Waals surface area contributed by atoms with Crippen LogP contribution in [0.1, 0.15) is 16.8 Å². The van der Waals surface area contributed by atoms with Crippen LogP contribution < -0.4 is 10.3 Å². The van der Waals surface area contributed by atoms with Crippen LogP contribution in [-0.2, 0) is 6.61 Å². The van der Waals surface area contributed by atoms with Gasteiger partial charge in [-0.2, -0.15) is 5.26 Å². The van der Waals surface area contributed by atoms with E-state index in [1.165, 1.54) is 6.07 Å². The Morgan fingerprint density at radius 2 is 1.93 bits per heavy atom. The van der Waals surface area contributed by atoms with E-state index in [4.69, 9.17) is 16.3 Å². The fourth-order valence-corrected chi connectivity index (χ4v) is 2.82. The average molecular weight is 387 g/mol. The van der Waals surface area contributed by atoms with Crippen LogP contribution >= 0.6 is 11.6 Å². The number of nitriles is 1. The van der Waals surface area contributed by atoms with Crippen LogP contribution in [0.5, 0.6) is 5.75 Å². The summed E-state index contributed by atoms with van der Waals surface area (Å²) in [5, 5.41) is 9.73. The van der Waals surface area contributed by atoms with Crippen LogP contribution in [0.3, 0.4) is 0 Å². The largest absolute Gasteiger partial charge is 0.488 e. The number of aryl methyl sites for hydroxylation is 1. The van der Waals surface area contributed by atoms with Gasteiger partial charge in [0, 0.05) is 33.5 Å². The lowest BCUT2D eigenvalue weighted by molar-refractivity contribution is 0.300. The Kier molecular flexibility index (Phi) is 5.24. The molecule has 0 bridgehead atoms. The predicted octanol–water partition coefficient (Wildman–Crippen LogP) is 4.73. The van der Waals surface area contributed by atoms with Gasteiger partial charge in [0.25, 0.3) is 5.56 Å². The zero-order valence-electron chi connectivity index (χ0n) is 14.1. The van der Waals surface area contributed by atoms with Gasteiger partial charge in [-0.05, 0) is 43.3 Å². The van der Waals surface area contributed by atoms with E-state index in [2.05, 4.69) is 4.98 Å². The maximum absolute atomic E-state index is 13.8. The minimum Gasteiger partial charge on any atom is -0.488 e. The maximum Gasteiger partial charge on any atom is 0.266 e. The number of aromatic nitrogens is 1. The van der Waals surface area contributed by atoms with Crippen molar-refractivity contribution in [1.82, 2.24) is 4.98 Å². The van der Waals surface area contributed by atoms with E-state index in [0.29, 0.717) is 27.6 Å². The molecule has 0 spiro atoms. The van der Waals surface area contributed by atoms with Gasteiger partial charge in [0.05, 0.1) is 0 Å². The average Bonchev–Trinajstić information content (AvgIpc) is 2.61. The van der Waals surface area contributed by atoms with Gasteiger partial charge in [-0.25, -0.2) is 8.78 Å². The number of halogens is 3. The first kappa shape index (κ1) is 18.6. The zero-order valence-corrected chi connectivity index (χ0v) is 14.9. The van der Waals surface area contributed by atoms with E-state index in [0.717, 1.165) is 12.1 Å². The van der Waals surface area contributed by atoms with Gasteiger partial charge in [-0.3, -0.25) is 4.79 Å². The van der Waals surface area contributed by atoms with Crippen LogP contribution in [0.4, 0.5) is 8.78 Å². The molecule has 0 aliphatic rings. The lowest BCUT2D eigenvalue weighted by Gasteiger charge is -2.14. The summed E-state index contributed by atoms with van der Waals surface area (Å²) < 4.78 is 32.6. The quantitative estimate of drug-likeness (QED) is 0.704. The van der Waals surface area contributed by atoms with Crippen molar-refractivity contribution < 1.29 is 13.5 Å². The fraction of sp³-hybridized carbons (Fsp3) is 0.100. The summed E-state index contributed by atoms with van der Waals surface area (Å²) in [6.07, 6.45) is 0. The summed E-state index contributed by atoms with van der Waals surface area (Å²) in [4.78, 5) is 14.6. The number of hydrogen-bond donors (Lipinski definition) is 1. The molecule has 0 radical (unpaired) electrons. The summed E-state index contributed by atoms with van der Waals surface area (Å²) in [5.41, 5.74) is 0.902. The number of ether oxygens (including phenoxy) is 1. The van der Waals surface area contributed by atoms with Crippen LogP contribution in [-0.4, -0.2) is 4.98 Å². The molecule has 0 atom stereocenters. The van der Waals surface area contributed by atoms with Crippen LogP contribution in [0.15, 0.2) is 47.3 Å². The lowest BCUT2D eigenvalue weighted by atomic mass is 10.00. The van der Waals surface area contributed by atoms with Gasteiger partial charge in [0.1, 0.15) is 35.6 Å². The van der Waals surface area contributed by atoms with Crippen LogP contribution in [0.2, 0.25) is 5.02 Å². The van der Waals surface area contributed by atoms with Crippen molar-refractivity contribution >= 4 is 11.6 Å². The predicted molar refractivity (Wildman–Crippen MR) is 97.7 cm³/mol. The molecule has 1 heterocycles. The molecule has 2 aromatic carbocycles. The first-order valence-electron chi connectivity index (χ1n) is 7.89. The van der Waals surface area contributed by atoms with Gasteiger partial charge in [0.15, 0.2) is 0 Å². The first-order valence-corrected chi connectivity index (χ1v) is 8.27. The second-order valence-electron chi connectivity index (χ2n) is 5.85. The van der Waals surface area contributed by atoms with E-state index in [1.807, 2.05) is 6.07 Å². The molecule has 27 heavy (non-hydrogen) atoms. The Labute approximate surface area is 158 Å². The maximum atomic E-state index is 13.8. The minimum atomic E-state index is -0.727. The minimum absolute atomic E-state index is 0.0827. The van der Waals surface area contributed by atoms with Crippen LogP contribution in [0.25, 0.3) is 11.1 Å². The standard InChI is InChI=1S/C20H13ClF2N2O2/c1-11-6-15(17(9-24)20(26)25-11)16-7-13(21)3-5-19(16)27-10-12-2-4-14(22)8-18(12)23/h2-8H,10H2,1H3,(H,25,26). The summed E-state index contributed by atoms with van der Waals surface area (Å²) in [6.45, 7) is 1.52. The Balaban J connectivity index is 2.05. The summed E-state index contributed by atoms with van der Waals surface area (Å²) in [6, 6.07) is 11.4. The molecular formula is C20H13ClF2N2O2. The number of nitrogens with zero attached hydrogens (tertiary/aromatic N) is 1. The zero-order chi connectivity index (χ0) is 19.6. The Morgan fingerprint density at radius 3 is 2.63 bits per heavy atom. The molecule has 1 aromatic heterocycles. The second-order valence-corrected chi connectivity index (χ2v) is 6.28. The second kappa shape index (κ2) is 7.60. The third-order valence-electron chi connectivity index (χ3n) is 3.91. The first-order chi connectivity index (χ1) is 12.9. The molecule has 7 heteroatoms. The topological polar surface area (TPSA) is 65.9 Å². The molecule has 4 nitrogen and oxygen atoms in total. The van der Waals surface area contributed by atoms with E-state index in [-0.39, 0.29) is 17.7 Å². The number of rotatable bonds is 4. The SMILES string of the molecule is Cc1cc(-c2cc(Cl)ccc2OCc2ccc(F)cc2F)c(C#N)c(=O)[nH]1. The number of aromatic amines is 1. The molecule has 136 valence electrons. The molecule has 0 saturated heterocycles. The van der Waals surface area contributed by atoms with Gasteiger partial charge in [0.2, 0.25) is 0 Å². The van der Waals surface area contributed by atoms with Gasteiger partial charge >= 0.3 is 0 Å². The highest BCUT2D eigenvalue weighted by Gasteiger charge is 2.16. The van der Waals surface area contributed by atoms with Gasteiger partial charge in [-0.1, -0.05) is 11.6 Å². The van der Waals surface area contributed by atoms with E-state index in [9.17, 15) is 18.8 Å². The molecule has 1 N–H and O–H groups in total. The van der Waals surface area contributed by atoms with E-state index in [1.54, 1.807) is 31.2 Å². The lowest BCUT2D eigenvalue weighted by Crippen LogP contribution is -2.13. The van der Waals surface area contributed by atoms with Gasteiger partial charge < -0.3 is 9.72 Å². The normalized spacial score (nSPS) is 10.5. The highest BCUT2D eigenvalue weighted by atomic mass is 35.5. The molecular weight excluding hydrogens is 374 g/mol. The monoisotopic (exact) mass is 386 g/mol. The molecule has 0 aliphatic heterocycles. The van der Waals surface area contributed by atoms with Crippen molar-refractivity contribution in [1.29, 1.82) is 5.26 Å². The van der Waals surface area contributed by atoms with Crippen molar-refractivity contribution in [3.05, 3.63) is 86.3 Å². The van der Waals surface area contributed by atoms with Crippen molar-refractivity contribution in [2.24, 2.45) is 0 Å². The van der Waals surface area contributed by atoms with Crippen molar-refractivity contribution in [3.63, 3.8) is 0 Å². The van der Waals surface area contributed by atoms with E-state index < -0.39 is 17.2 Å². The number of benzene rings is 2. The highest BCUT2D eigenvalue weighted by Crippen LogP contribution is 2.34. The number of hydrogen-bond acceptors (Lipinski definition) is 3. The number of nitrogens with one attached hydrogen (secondary N) is 1. The smallest absolute Gasteiger partial charge is 0.266 e. The summed E-state index contributed by atoms with van der Waals surface area (Å²) in [5.74, 6) is -1.10. The third kappa shape index (κ3) is 3.99. The van der Waals surface area contributed by atoms with E-state index >= 15 is 0 Å². The molecule has 0 fully saturated rings. The number of H-pyrrole nitrogens is 1.